The van der Waals surface area contributed by atoms with Gasteiger partial charge in [-0.2, -0.15) is 0 Å². The van der Waals surface area contributed by atoms with Gasteiger partial charge in [0.05, 0.1) is 12.3 Å². The molecule has 0 saturated carbocycles. The molecule has 8 nitrogen and oxygen atoms in total. The number of ether oxygens (including phenoxy) is 1. The predicted octanol–water partition coefficient (Wildman–Crippen LogP) is 9.18. The molecule has 1 N–H and O–H groups in total. The van der Waals surface area contributed by atoms with Crippen LogP contribution in [-0.4, -0.2) is 69.8 Å². The molecule has 5 heterocycles. The smallest absolute Gasteiger partial charge is 0.162 e. The lowest BCUT2D eigenvalue weighted by Crippen LogP contribution is -2.57. The maximum atomic E-state index is 10.2. The number of aryl methyl sites for hydroxylation is 3. The number of thiophene rings is 1. The number of anilines is 1. The SMILES string of the molecule is Cc1sc2c(c1C)C(c1ccc(N3CC(CN4CC(COc5ccc([C@H]6c7ccc(O)cc7CC[C@H]6c6ccccc6)cc5)C4)C3)cc1)=N[C@@H](C)c1nnc(C)n1-2. The average Bonchev–Trinajstić information content (AvgIpc) is 3.68. The number of rotatable bonds is 9. The minimum atomic E-state index is -0.0762. The number of likely N-dealkylation sites (tertiary alicyclic amines) is 1. The molecule has 0 amide bonds. The lowest BCUT2D eigenvalue weighted by Gasteiger charge is -2.47. The highest BCUT2D eigenvalue weighted by atomic mass is 32.1. The molecule has 0 spiro atoms. The van der Waals surface area contributed by atoms with Crippen molar-refractivity contribution in [3.05, 3.63) is 153 Å². The van der Waals surface area contributed by atoms with Crippen molar-refractivity contribution in [1.29, 1.82) is 0 Å². The van der Waals surface area contributed by atoms with Crippen molar-refractivity contribution >= 4 is 22.7 Å². The van der Waals surface area contributed by atoms with Crippen molar-refractivity contribution in [1.82, 2.24) is 19.7 Å². The van der Waals surface area contributed by atoms with Crippen molar-refractivity contribution in [3.8, 4) is 16.5 Å². The Kier molecular flexibility index (Phi) is 9.25. The van der Waals surface area contributed by atoms with Gasteiger partial charge in [0.15, 0.2) is 5.82 Å². The van der Waals surface area contributed by atoms with Gasteiger partial charge in [-0.3, -0.25) is 9.56 Å². The van der Waals surface area contributed by atoms with Crippen LogP contribution in [0.15, 0.2) is 102 Å². The molecule has 2 saturated heterocycles. The van der Waals surface area contributed by atoms with E-state index in [0.29, 0.717) is 23.5 Å². The van der Waals surface area contributed by atoms with Crippen LogP contribution < -0.4 is 9.64 Å². The molecular formula is C48H50N6O2S. The summed E-state index contributed by atoms with van der Waals surface area (Å²) >= 11 is 1.81. The Balaban J connectivity index is 0.718. The number of phenols is 1. The molecule has 9 heteroatoms. The standard InChI is InChI=1S/C48H50N6O2S/c1-29-31(3)57-48-44(29)46(49-30(2)47-51-50-32(4)54(47)48)37-10-15-39(16-11-37)53-26-33(27-53)23-52-24-34(25-52)28-56-41-18-12-36(13-19-41)45-42(35-8-6-5-7-9-35)20-14-38-22-40(55)17-21-43(38)45/h5-13,15-19,21-22,30,33-34,42,45,55H,14,20,23-28H2,1-4H3/t30-,42-,45+/m0/s1. The van der Waals surface area contributed by atoms with Crippen LogP contribution in [0.4, 0.5) is 5.69 Å². The second-order valence-corrected chi connectivity index (χ2v) is 18.0. The van der Waals surface area contributed by atoms with Crippen molar-refractivity contribution in [2.24, 2.45) is 16.8 Å². The van der Waals surface area contributed by atoms with Crippen LogP contribution in [0, 0.1) is 32.6 Å². The molecule has 0 radical (unpaired) electrons. The number of fused-ring (bicyclic) bond motifs is 4. The Hall–Kier alpha value is -5.25. The van der Waals surface area contributed by atoms with Gasteiger partial charge in [-0.05, 0) is 111 Å². The fourth-order valence-corrected chi connectivity index (χ4v) is 11.0. The molecule has 290 valence electrons. The first-order valence-electron chi connectivity index (χ1n) is 20.5. The van der Waals surface area contributed by atoms with Gasteiger partial charge in [0.1, 0.15) is 28.4 Å². The minimum absolute atomic E-state index is 0.0762. The lowest BCUT2D eigenvalue weighted by atomic mass is 9.69. The first-order chi connectivity index (χ1) is 27.8. The van der Waals surface area contributed by atoms with E-state index in [9.17, 15) is 5.11 Å². The highest BCUT2D eigenvalue weighted by Gasteiger charge is 2.35. The van der Waals surface area contributed by atoms with Gasteiger partial charge in [-0.25, -0.2) is 0 Å². The van der Waals surface area contributed by atoms with Gasteiger partial charge in [0, 0.05) is 72.2 Å². The molecule has 57 heavy (non-hydrogen) atoms. The van der Waals surface area contributed by atoms with Gasteiger partial charge < -0.3 is 19.6 Å². The van der Waals surface area contributed by atoms with Gasteiger partial charge in [0.25, 0.3) is 0 Å². The van der Waals surface area contributed by atoms with Crippen molar-refractivity contribution in [2.75, 3.05) is 44.2 Å². The van der Waals surface area contributed by atoms with E-state index in [-0.39, 0.29) is 12.0 Å². The largest absolute Gasteiger partial charge is 0.508 e. The molecular weight excluding hydrogens is 725 g/mol. The molecule has 2 fully saturated rings. The number of aromatic hydroxyl groups is 1. The number of aromatic nitrogens is 3. The molecule has 3 aliphatic heterocycles. The number of nitrogens with zero attached hydrogens (tertiary/aromatic N) is 6. The van der Waals surface area contributed by atoms with Gasteiger partial charge in [-0.15, -0.1) is 21.5 Å². The van der Waals surface area contributed by atoms with Gasteiger partial charge in [-0.1, -0.05) is 60.7 Å². The summed E-state index contributed by atoms with van der Waals surface area (Å²) in [5, 5.41) is 20.3. The maximum absolute atomic E-state index is 10.2. The van der Waals surface area contributed by atoms with Crippen LogP contribution in [0.25, 0.3) is 5.00 Å². The Morgan fingerprint density at radius 3 is 2.37 bits per heavy atom. The third-order valence-corrected chi connectivity index (χ3v) is 14.1. The van der Waals surface area contributed by atoms with Crippen molar-refractivity contribution in [3.63, 3.8) is 0 Å². The summed E-state index contributed by atoms with van der Waals surface area (Å²) in [7, 11) is 0. The van der Waals surface area contributed by atoms with E-state index in [1.807, 2.05) is 19.1 Å². The molecule has 4 aliphatic rings. The summed E-state index contributed by atoms with van der Waals surface area (Å²) in [4.78, 5) is 11.6. The fraction of sp³-hybridized carbons (Fsp3) is 0.354. The second kappa shape index (κ2) is 14.6. The van der Waals surface area contributed by atoms with E-state index in [1.165, 1.54) is 48.9 Å². The Bertz CT molecular complexity index is 2440. The Labute approximate surface area is 339 Å². The Morgan fingerprint density at radius 1 is 0.825 bits per heavy atom. The topological polar surface area (TPSA) is 79.0 Å². The molecule has 3 atom stereocenters. The zero-order chi connectivity index (χ0) is 38.8. The predicted molar refractivity (Wildman–Crippen MR) is 229 cm³/mol. The summed E-state index contributed by atoms with van der Waals surface area (Å²) < 4.78 is 8.55. The number of hydrogen-bond donors (Lipinski definition) is 1. The number of hydrogen-bond acceptors (Lipinski definition) is 8. The average molecular weight is 775 g/mol. The monoisotopic (exact) mass is 774 g/mol. The van der Waals surface area contributed by atoms with Crippen LogP contribution in [0.2, 0.25) is 0 Å². The summed E-state index contributed by atoms with van der Waals surface area (Å²) in [5.41, 5.74) is 11.2. The van der Waals surface area contributed by atoms with E-state index in [1.54, 1.807) is 11.3 Å². The second-order valence-electron chi connectivity index (χ2n) is 16.8. The summed E-state index contributed by atoms with van der Waals surface area (Å²) in [6.45, 7) is 14.9. The molecule has 2 aromatic heterocycles. The minimum Gasteiger partial charge on any atom is -0.508 e. The van der Waals surface area contributed by atoms with Crippen LogP contribution in [0.1, 0.15) is 86.7 Å². The van der Waals surface area contributed by atoms with Gasteiger partial charge >= 0.3 is 0 Å². The van der Waals surface area contributed by atoms with Crippen LogP contribution in [0.5, 0.6) is 11.5 Å². The highest BCUT2D eigenvalue weighted by molar-refractivity contribution is 7.15. The highest BCUT2D eigenvalue weighted by Crippen LogP contribution is 2.47. The number of aliphatic imine (C=N–C) groups is 1. The first kappa shape index (κ1) is 36.1. The van der Waals surface area contributed by atoms with E-state index in [4.69, 9.17) is 9.73 Å². The van der Waals surface area contributed by atoms with Crippen LogP contribution >= 0.6 is 11.3 Å². The van der Waals surface area contributed by atoms with E-state index < -0.39 is 0 Å². The zero-order valence-corrected chi connectivity index (χ0v) is 34.0. The first-order valence-corrected chi connectivity index (χ1v) is 21.4. The molecule has 0 unspecified atom stereocenters. The van der Waals surface area contributed by atoms with Crippen molar-refractivity contribution < 1.29 is 9.84 Å². The molecule has 10 rings (SSSR count). The number of benzene rings is 4. The summed E-state index contributed by atoms with van der Waals surface area (Å²) in [6.07, 6.45) is 2.04. The maximum Gasteiger partial charge on any atom is 0.162 e. The van der Waals surface area contributed by atoms with E-state index in [0.717, 1.165) is 80.8 Å². The summed E-state index contributed by atoms with van der Waals surface area (Å²) in [5.74, 6) is 5.01. The lowest BCUT2D eigenvalue weighted by molar-refractivity contribution is 0.0448. The Morgan fingerprint density at radius 2 is 1.60 bits per heavy atom. The fourth-order valence-electron chi connectivity index (χ4n) is 9.77. The summed E-state index contributed by atoms with van der Waals surface area (Å²) in [6, 6.07) is 34.6. The quantitative estimate of drug-likeness (QED) is 0.158. The van der Waals surface area contributed by atoms with E-state index in [2.05, 4.69) is 130 Å². The normalized spacial score (nSPS) is 20.8. The third-order valence-electron chi connectivity index (χ3n) is 12.9. The van der Waals surface area contributed by atoms with Crippen LogP contribution in [-0.2, 0) is 6.42 Å². The van der Waals surface area contributed by atoms with Gasteiger partial charge in [0.2, 0.25) is 0 Å². The molecule has 0 bridgehead atoms. The van der Waals surface area contributed by atoms with Crippen LogP contribution in [0.3, 0.4) is 0 Å². The molecule has 6 aromatic rings. The number of phenolic OH excluding ortho intramolecular Hbond substituents is 1. The zero-order valence-electron chi connectivity index (χ0n) is 33.2. The molecule has 1 aliphatic carbocycles. The molecule has 4 aromatic carbocycles. The third kappa shape index (κ3) is 6.64. The van der Waals surface area contributed by atoms with Crippen molar-refractivity contribution in [2.45, 2.75) is 58.4 Å². The van der Waals surface area contributed by atoms with E-state index >= 15 is 0 Å².